The molecule has 0 radical (unpaired) electrons. The number of hydrogen-bond acceptors (Lipinski definition) is 3. The molecule has 1 atom stereocenters. The Balaban J connectivity index is 2.06. The van der Waals surface area contributed by atoms with Crippen LogP contribution in [0.3, 0.4) is 0 Å². The zero-order chi connectivity index (χ0) is 15.2. The summed E-state index contributed by atoms with van der Waals surface area (Å²) >= 11 is 7.32. The molecule has 0 spiro atoms. The van der Waals surface area contributed by atoms with Gasteiger partial charge in [0, 0.05) is 22.5 Å². The van der Waals surface area contributed by atoms with Gasteiger partial charge in [-0.1, -0.05) is 25.5 Å². The van der Waals surface area contributed by atoms with Crippen LogP contribution in [0.5, 0.6) is 0 Å². The van der Waals surface area contributed by atoms with Crippen LogP contribution in [-0.4, -0.2) is 16.9 Å². The quantitative estimate of drug-likeness (QED) is 0.797. The zero-order valence-corrected chi connectivity index (χ0v) is 13.8. The molecule has 1 unspecified atom stereocenters. The number of benzene rings is 1. The van der Waals surface area contributed by atoms with Crippen molar-refractivity contribution in [1.29, 1.82) is 0 Å². The molecule has 1 amide bonds. The number of hydrogen-bond donors (Lipinski definition) is 1. The van der Waals surface area contributed by atoms with Gasteiger partial charge in [-0.05, 0) is 25.5 Å². The van der Waals surface area contributed by atoms with Gasteiger partial charge in [0.15, 0.2) is 0 Å². The molecule has 0 bridgehead atoms. The van der Waals surface area contributed by atoms with Crippen molar-refractivity contribution in [2.24, 2.45) is 0 Å². The van der Waals surface area contributed by atoms with Gasteiger partial charge in [-0.25, -0.2) is 4.98 Å². The molecule has 0 fully saturated rings. The van der Waals surface area contributed by atoms with E-state index in [4.69, 9.17) is 11.6 Å². The minimum Gasteiger partial charge on any atom is -0.350 e. The minimum absolute atomic E-state index is 0.0249. The number of rotatable bonds is 6. The monoisotopic (exact) mass is 322 g/mol. The predicted molar refractivity (Wildman–Crippen MR) is 88.9 cm³/mol. The Morgan fingerprint density at radius 3 is 2.67 bits per heavy atom. The van der Waals surface area contributed by atoms with Gasteiger partial charge in [0.25, 0.3) is 5.91 Å². The van der Waals surface area contributed by atoms with Crippen molar-refractivity contribution in [2.75, 3.05) is 0 Å². The van der Waals surface area contributed by atoms with Gasteiger partial charge in [0.05, 0.1) is 11.6 Å². The lowest BCUT2D eigenvalue weighted by Crippen LogP contribution is -2.32. The van der Waals surface area contributed by atoms with Crippen LogP contribution in [0, 0.1) is 0 Å². The van der Waals surface area contributed by atoms with Crippen LogP contribution < -0.4 is 5.32 Å². The molecule has 0 aliphatic heterocycles. The van der Waals surface area contributed by atoms with Crippen LogP contribution in [0.4, 0.5) is 0 Å². The Labute approximate surface area is 134 Å². The fourth-order valence-corrected chi connectivity index (χ4v) is 3.13. The Kier molecular flexibility index (Phi) is 5.76. The van der Waals surface area contributed by atoms with Crippen LogP contribution in [0.15, 0.2) is 29.6 Å². The summed E-state index contributed by atoms with van der Waals surface area (Å²) in [4.78, 5) is 16.5. The van der Waals surface area contributed by atoms with Crippen LogP contribution in [-0.2, 0) is 5.88 Å². The number of amides is 1. The maximum Gasteiger partial charge on any atom is 0.251 e. The van der Waals surface area contributed by atoms with Gasteiger partial charge in [-0.15, -0.1) is 22.9 Å². The van der Waals surface area contributed by atoms with E-state index in [1.165, 1.54) is 0 Å². The summed E-state index contributed by atoms with van der Waals surface area (Å²) in [6.07, 6.45) is 2.05. The molecular formula is C16H19ClN2OS. The van der Waals surface area contributed by atoms with Crippen LogP contribution in [0.1, 0.15) is 42.7 Å². The van der Waals surface area contributed by atoms with Gasteiger partial charge in [0.1, 0.15) is 5.01 Å². The number of halogens is 1. The Hall–Kier alpha value is -1.39. The molecule has 3 nitrogen and oxygen atoms in total. The van der Waals surface area contributed by atoms with Crippen LogP contribution >= 0.6 is 22.9 Å². The molecule has 0 aliphatic carbocycles. The molecule has 5 heteroatoms. The zero-order valence-electron chi connectivity index (χ0n) is 12.2. The summed E-state index contributed by atoms with van der Waals surface area (Å²) in [6, 6.07) is 7.73. The summed E-state index contributed by atoms with van der Waals surface area (Å²) in [5, 5.41) is 5.88. The van der Waals surface area contributed by atoms with E-state index in [1.54, 1.807) is 11.3 Å². The van der Waals surface area contributed by atoms with Crippen molar-refractivity contribution in [3.8, 4) is 10.6 Å². The van der Waals surface area contributed by atoms with E-state index in [-0.39, 0.29) is 11.9 Å². The first kappa shape index (κ1) is 16.0. The molecule has 0 saturated carbocycles. The topological polar surface area (TPSA) is 42.0 Å². The largest absolute Gasteiger partial charge is 0.350 e. The van der Waals surface area contributed by atoms with Crippen molar-refractivity contribution in [2.45, 2.75) is 38.6 Å². The fourth-order valence-electron chi connectivity index (χ4n) is 2.08. The molecule has 2 rings (SSSR count). The van der Waals surface area contributed by atoms with E-state index in [0.717, 1.165) is 29.1 Å². The number of nitrogens with one attached hydrogen (secondary N) is 1. The number of carbonyl (C=O) groups is 1. The number of thiazole rings is 1. The highest BCUT2D eigenvalue weighted by atomic mass is 35.5. The van der Waals surface area contributed by atoms with Crippen molar-refractivity contribution < 1.29 is 4.79 Å². The van der Waals surface area contributed by atoms with E-state index in [1.807, 2.05) is 36.6 Å². The second-order valence-electron chi connectivity index (χ2n) is 5.02. The molecule has 2 aromatic rings. The molecule has 1 heterocycles. The first-order valence-electron chi connectivity index (χ1n) is 7.05. The summed E-state index contributed by atoms with van der Waals surface area (Å²) < 4.78 is 0. The Bertz CT molecular complexity index is 595. The van der Waals surface area contributed by atoms with Crippen LogP contribution in [0.2, 0.25) is 0 Å². The van der Waals surface area contributed by atoms with E-state index >= 15 is 0 Å². The molecule has 1 aromatic heterocycles. The highest BCUT2D eigenvalue weighted by Crippen LogP contribution is 2.24. The average Bonchev–Trinajstić information content (AvgIpc) is 2.96. The highest BCUT2D eigenvalue weighted by Gasteiger charge is 2.10. The summed E-state index contributed by atoms with van der Waals surface area (Å²) in [5.41, 5.74) is 2.57. The summed E-state index contributed by atoms with van der Waals surface area (Å²) in [7, 11) is 0. The normalized spacial score (nSPS) is 12.1. The van der Waals surface area contributed by atoms with E-state index < -0.39 is 0 Å². The van der Waals surface area contributed by atoms with Crippen molar-refractivity contribution in [1.82, 2.24) is 10.3 Å². The van der Waals surface area contributed by atoms with E-state index in [2.05, 4.69) is 17.2 Å². The number of alkyl halides is 1. The van der Waals surface area contributed by atoms with E-state index in [0.29, 0.717) is 11.4 Å². The van der Waals surface area contributed by atoms with Crippen LogP contribution in [0.25, 0.3) is 10.6 Å². The molecule has 112 valence electrons. The minimum atomic E-state index is -0.0249. The second-order valence-corrected chi connectivity index (χ2v) is 6.14. The molecular weight excluding hydrogens is 304 g/mol. The third-order valence-corrected chi connectivity index (χ3v) is 4.40. The van der Waals surface area contributed by atoms with Crippen molar-refractivity contribution in [3.05, 3.63) is 40.9 Å². The lowest BCUT2D eigenvalue weighted by Gasteiger charge is -2.12. The number of nitrogens with zero attached hydrogens (tertiary/aromatic N) is 1. The molecule has 21 heavy (non-hydrogen) atoms. The van der Waals surface area contributed by atoms with Crippen molar-refractivity contribution in [3.63, 3.8) is 0 Å². The Morgan fingerprint density at radius 1 is 1.38 bits per heavy atom. The van der Waals surface area contributed by atoms with Gasteiger partial charge in [-0.3, -0.25) is 4.79 Å². The molecule has 1 N–H and O–H groups in total. The molecule has 0 saturated heterocycles. The lowest BCUT2D eigenvalue weighted by molar-refractivity contribution is 0.0938. The number of aromatic nitrogens is 1. The average molecular weight is 323 g/mol. The maximum absolute atomic E-state index is 12.1. The highest BCUT2D eigenvalue weighted by molar-refractivity contribution is 7.13. The molecule has 1 aromatic carbocycles. The number of carbonyl (C=O) groups excluding carboxylic acids is 1. The van der Waals surface area contributed by atoms with Gasteiger partial charge < -0.3 is 5.32 Å². The maximum atomic E-state index is 12.1. The SMILES string of the molecule is CCCC(C)NC(=O)c1ccc(-c2nc(CCl)cs2)cc1. The van der Waals surface area contributed by atoms with Gasteiger partial charge in [-0.2, -0.15) is 0 Å². The first-order valence-corrected chi connectivity index (χ1v) is 8.47. The van der Waals surface area contributed by atoms with Gasteiger partial charge >= 0.3 is 0 Å². The summed E-state index contributed by atoms with van der Waals surface area (Å²) in [5.74, 6) is 0.398. The third kappa shape index (κ3) is 4.29. The fraction of sp³-hybridized carbons (Fsp3) is 0.375. The Morgan fingerprint density at radius 2 is 2.10 bits per heavy atom. The summed E-state index contributed by atoms with van der Waals surface area (Å²) in [6.45, 7) is 4.14. The van der Waals surface area contributed by atoms with E-state index in [9.17, 15) is 4.79 Å². The third-order valence-electron chi connectivity index (χ3n) is 3.18. The smallest absolute Gasteiger partial charge is 0.251 e. The predicted octanol–water partition coefficient (Wildman–Crippen LogP) is 4.47. The van der Waals surface area contributed by atoms with Gasteiger partial charge in [0.2, 0.25) is 0 Å². The second kappa shape index (κ2) is 7.57. The lowest BCUT2D eigenvalue weighted by atomic mass is 10.1. The van der Waals surface area contributed by atoms with Crippen molar-refractivity contribution >= 4 is 28.8 Å². The standard InChI is InChI=1S/C16H19ClN2OS/c1-3-4-11(2)18-15(20)12-5-7-13(8-6-12)16-19-14(9-17)10-21-16/h5-8,10-11H,3-4,9H2,1-2H3,(H,18,20). The first-order chi connectivity index (χ1) is 10.1. The molecule has 0 aliphatic rings.